The van der Waals surface area contributed by atoms with E-state index < -0.39 is 6.03 Å². The quantitative estimate of drug-likeness (QED) is 0.792. The number of anilines is 1. The van der Waals surface area contributed by atoms with Crippen LogP contribution in [0.25, 0.3) is 0 Å². The number of carbonyl (C=O) groups is 1. The van der Waals surface area contributed by atoms with Crippen LogP contribution in [0.4, 0.5) is 10.5 Å². The standard InChI is InChI=1S/C11H14Cl2N2O2/c1-2-8(6-16)14-11(17)15-10-4-3-7(12)5-9(10)13/h3-5,8,16H,2,6H2,1H3,(H2,14,15,17). The molecule has 3 N–H and O–H groups in total. The lowest BCUT2D eigenvalue weighted by atomic mass is 10.2. The van der Waals surface area contributed by atoms with Gasteiger partial charge in [0.2, 0.25) is 0 Å². The van der Waals surface area contributed by atoms with Gasteiger partial charge < -0.3 is 15.7 Å². The average Bonchev–Trinajstić information content (AvgIpc) is 2.29. The van der Waals surface area contributed by atoms with Crippen LogP contribution < -0.4 is 10.6 Å². The van der Waals surface area contributed by atoms with Gasteiger partial charge in [-0.3, -0.25) is 0 Å². The molecule has 0 saturated heterocycles. The summed E-state index contributed by atoms with van der Waals surface area (Å²) in [5, 5.41) is 15.0. The SMILES string of the molecule is CCC(CO)NC(=O)Nc1ccc(Cl)cc1Cl. The van der Waals surface area contributed by atoms with Gasteiger partial charge in [-0.25, -0.2) is 4.79 Å². The van der Waals surface area contributed by atoms with Crippen molar-refractivity contribution in [3.8, 4) is 0 Å². The Labute approximate surface area is 110 Å². The normalized spacial score (nSPS) is 12.0. The lowest BCUT2D eigenvalue weighted by Crippen LogP contribution is -2.39. The maximum absolute atomic E-state index is 11.6. The van der Waals surface area contributed by atoms with Crippen LogP contribution in [0.15, 0.2) is 18.2 Å². The number of halogens is 2. The molecule has 0 heterocycles. The smallest absolute Gasteiger partial charge is 0.319 e. The fourth-order valence-corrected chi connectivity index (χ4v) is 1.67. The fourth-order valence-electron chi connectivity index (χ4n) is 1.21. The summed E-state index contributed by atoms with van der Waals surface area (Å²) in [6.07, 6.45) is 0.651. The number of aliphatic hydroxyl groups excluding tert-OH is 1. The van der Waals surface area contributed by atoms with Crippen LogP contribution in [0.5, 0.6) is 0 Å². The molecule has 0 saturated carbocycles. The molecule has 2 amide bonds. The van der Waals surface area contributed by atoms with Gasteiger partial charge in [-0.05, 0) is 24.6 Å². The molecule has 0 bridgehead atoms. The molecule has 1 atom stereocenters. The van der Waals surface area contributed by atoms with Crippen LogP contribution in [0.2, 0.25) is 10.0 Å². The minimum absolute atomic E-state index is 0.0989. The van der Waals surface area contributed by atoms with Gasteiger partial charge in [-0.15, -0.1) is 0 Å². The number of aliphatic hydroxyl groups is 1. The molecular formula is C11H14Cl2N2O2. The summed E-state index contributed by atoms with van der Waals surface area (Å²) in [4.78, 5) is 11.6. The molecule has 0 aliphatic heterocycles. The molecule has 0 aromatic heterocycles. The van der Waals surface area contributed by atoms with E-state index in [0.717, 1.165) is 0 Å². The molecule has 1 aromatic rings. The van der Waals surface area contributed by atoms with Crippen molar-refractivity contribution in [2.45, 2.75) is 19.4 Å². The third-order valence-corrected chi connectivity index (χ3v) is 2.78. The maximum Gasteiger partial charge on any atom is 0.319 e. The molecule has 0 radical (unpaired) electrons. The first-order chi connectivity index (χ1) is 8.06. The average molecular weight is 277 g/mol. The van der Waals surface area contributed by atoms with Crippen LogP contribution in [0, 0.1) is 0 Å². The molecule has 4 nitrogen and oxygen atoms in total. The van der Waals surface area contributed by atoms with E-state index in [4.69, 9.17) is 28.3 Å². The van der Waals surface area contributed by atoms with Crippen LogP contribution in [0.1, 0.15) is 13.3 Å². The predicted molar refractivity (Wildman–Crippen MR) is 69.8 cm³/mol. The minimum Gasteiger partial charge on any atom is -0.394 e. The molecule has 0 aliphatic carbocycles. The lowest BCUT2D eigenvalue weighted by molar-refractivity contribution is 0.222. The summed E-state index contributed by atoms with van der Waals surface area (Å²) < 4.78 is 0. The van der Waals surface area contributed by atoms with Crippen molar-refractivity contribution in [3.05, 3.63) is 28.2 Å². The van der Waals surface area contributed by atoms with E-state index >= 15 is 0 Å². The van der Waals surface area contributed by atoms with Crippen LogP contribution in [-0.2, 0) is 0 Å². The number of urea groups is 1. The number of nitrogens with one attached hydrogen (secondary N) is 2. The molecule has 94 valence electrons. The van der Waals surface area contributed by atoms with E-state index in [-0.39, 0.29) is 12.6 Å². The first-order valence-corrected chi connectivity index (χ1v) is 5.95. The monoisotopic (exact) mass is 276 g/mol. The maximum atomic E-state index is 11.6. The van der Waals surface area contributed by atoms with Crippen LogP contribution >= 0.6 is 23.2 Å². The van der Waals surface area contributed by atoms with E-state index in [1.54, 1.807) is 18.2 Å². The van der Waals surface area contributed by atoms with E-state index in [9.17, 15) is 4.79 Å². The Bertz CT molecular complexity index is 395. The number of hydrogen-bond donors (Lipinski definition) is 3. The Balaban J connectivity index is 2.62. The molecule has 1 unspecified atom stereocenters. The van der Waals surface area contributed by atoms with Gasteiger partial charge in [0.1, 0.15) is 0 Å². The zero-order valence-corrected chi connectivity index (χ0v) is 10.8. The summed E-state index contributed by atoms with van der Waals surface area (Å²) in [6.45, 7) is 1.77. The Kier molecular flexibility index (Phi) is 5.55. The van der Waals surface area contributed by atoms with Crippen molar-refractivity contribution in [2.75, 3.05) is 11.9 Å². The number of rotatable bonds is 4. The largest absolute Gasteiger partial charge is 0.394 e. The molecule has 17 heavy (non-hydrogen) atoms. The van der Waals surface area contributed by atoms with Gasteiger partial charge in [-0.2, -0.15) is 0 Å². The fraction of sp³-hybridized carbons (Fsp3) is 0.364. The second-order valence-electron chi connectivity index (χ2n) is 3.51. The van der Waals surface area contributed by atoms with Gasteiger partial charge in [0, 0.05) is 5.02 Å². The zero-order valence-electron chi connectivity index (χ0n) is 9.34. The van der Waals surface area contributed by atoms with Crippen molar-refractivity contribution in [2.24, 2.45) is 0 Å². The number of amides is 2. The van der Waals surface area contributed by atoms with Crippen molar-refractivity contribution in [1.29, 1.82) is 0 Å². The van der Waals surface area contributed by atoms with Crippen molar-refractivity contribution in [3.63, 3.8) is 0 Å². The van der Waals surface area contributed by atoms with Crippen molar-refractivity contribution in [1.82, 2.24) is 5.32 Å². The number of benzene rings is 1. The highest BCUT2D eigenvalue weighted by Gasteiger charge is 2.10. The van der Waals surface area contributed by atoms with Crippen molar-refractivity contribution >= 4 is 34.9 Å². The summed E-state index contributed by atoms with van der Waals surface area (Å²) in [5.41, 5.74) is 0.473. The van der Waals surface area contributed by atoms with Gasteiger partial charge in [0.25, 0.3) is 0 Å². The van der Waals surface area contributed by atoms with Gasteiger partial charge in [-0.1, -0.05) is 30.1 Å². The highest BCUT2D eigenvalue weighted by molar-refractivity contribution is 6.36. The molecule has 6 heteroatoms. The number of hydrogen-bond acceptors (Lipinski definition) is 2. The first kappa shape index (κ1) is 14.1. The van der Waals surface area contributed by atoms with Gasteiger partial charge in [0.15, 0.2) is 0 Å². The second kappa shape index (κ2) is 6.69. The van der Waals surface area contributed by atoms with E-state index in [0.29, 0.717) is 22.2 Å². The molecule has 0 fully saturated rings. The molecule has 1 aromatic carbocycles. The Morgan fingerprint density at radius 3 is 2.71 bits per heavy atom. The van der Waals surface area contributed by atoms with Crippen molar-refractivity contribution < 1.29 is 9.90 Å². The summed E-state index contributed by atoms with van der Waals surface area (Å²) in [5.74, 6) is 0. The zero-order chi connectivity index (χ0) is 12.8. The van der Waals surface area contributed by atoms with Crippen LogP contribution in [0.3, 0.4) is 0 Å². The predicted octanol–water partition coefficient (Wildman–Crippen LogP) is 2.89. The van der Waals surface area contributed by atoms with Crippen LogP contribution in [-0.4, -0.2) is 23.8 Å². The summed E-state index contributed by atoms with van der Waals surface area (Å²) in [7, 11) is 0. The molecular weight excluding hydrogens is 263 g/mol. The summed E-state index contributed by atoms with van der Waals surface area (Å²) in [6, 6.07) is 4.12. The number of carbonyl (C=O) groups excluding carboxylic acids is 1. The van der Waals surface area contributed by atoms with E-state index in [1.807, 2.05) is 6.92 Å². The molecule has 0 aliphatic rings. The Hall–Kier alpha value is -0.970. The minimum atomic E-state index is -0.407. The second-order valence-corrected chi connectivity index (χ2v) is 4.35. The van der Waals surface area contributed by atoms with Gasteiger partial charge >= 0.3 is 6.03 Å². The Morgan fingerprint density at radius 2 is 2.18 bits per heavy atom. The highest BCUT2D eigenvalue weighted by atomic mass is 35.5. The third kappa shape index (κ3) is 4.42. The molecule has 0 spiro atoms. The topological polar surface area (TPSA) is 61.4 Å². The summed E-state index contributed by atoms with van der Waals surface area (Å²) >= 11 is 11.6. The third-order valence-electron chi connectivity index (χ3n) is 2.23. The highest BCUT2D eigenvalue weighted by Crippen LogP contribution is 2.25. The van der Waals surface area contributed by atoms with E-state index in [2.05, 4.69) is 10.6 Å². The van der Waals surface area contributed by atoms with Gasteiger partial charge in [0.05, 0.1) is 23.4 Å². The lowest BCUT2D eigenvalue weighted by Gasteiger charge is -2.15. The first-order valence-electron chi connectivity index (χ1n) is 5.20. The Morgan fingerprint density at radius 1 is 1.47 bits per heavy atom. The molecule has 1 rings (SSSR count). The van der Waals surface area contributed by atoms with E-state index in [1.165, 1.54) is 0 Å².